The summed E-state index contributed by atoms with van der Waals surface area (Å²) in [5.74, 6) is 0.154. The molecule has 2 rings (SSSR count). The standard InChI is InChI=1S/C15H21NO3/c1-12-9-16(8-7-14(12)17)15(18)11-19-10-13-5-3-2-4-6-13/h2-6,12,14,17H,7-11H2,1H3. The van der Waals surface area contributed by atoms with Gasteiger partial charge in [0.1, 0.15) is 6.61 Å². The Labute approximate surface area is 114 Å². The number of carbonyl (C=O) groups is 1. The highest BCUT2D eigenvalue weighted by molar-refractivity contribution is 5.77. The molecule has 1 aliphatic heterocycles. The quantitative estimate of drug-likeness (QED) is 0.894. The summed E-state index contributed by atoms with van der Waals surface area (Å²) in [6.07, 6.45) is 0.375. The predicted octanol–water partition coefficient (Wildman–Crippen LogP) is 1.43. The van der Waals surface area contributed by atoms with Crippen LogP contribution in [0.4, 0.5) is 0 Å². The molecule has 4 nitrogen and oxygen atoms in total. The van der Waals surface area contributed by atoms with Crippen molar-refractivity contribution in [3.63, 3.8) is 0 Å². The van der Waals surface area contributed by atoms with Gasteiger partial charge < -0.3 is 14.7 Å². The van der Waals surface area contributed by atoms with Gasteiger partial charge >= 0.3 is 0 Å². The summed E-state index contributed by atoms with van der Waals surface area (Å²) in [6.45, 7) is 3.78. The van der Waals surface area contributed by atoms with Crippen molar-refractivity contribution in [2.45, 2.75) is 26.1 Å². The monoisotopic (exact) mass is 263 g/mol. The number of aliphatic hydroxyl groups is 1. The van der Waals surface area contributed by atoms with Crippen LogP contribution in [0.25, 0.3) is 0 Å². The number of aliphatic hydroxyl groups excluding tert-OH is 1. The molecule has 0 spiro atoms. The summed E-state index contributed by atoms with van der Waals surface area (Å²) in [5, 5.41) is 9.63. The third-order valence-corrected chi connectivity index (χ3v) is 3.55. The third kappa shape index (κ3) is 4.04. The van der Waals surface area contributed by atoms with Crippen LogP contribution in [0.3, 0.4) is 0 Å². The van der Waals surface area contributed by atoms with E-state index < -0.39 is 0 Å². The largest absolute Gasteiger partial charge is 0.393 e. The number of piperidine rings is 1. The third-order valence-electron chi connectivity index (χ3n) is 3.55. The Bertz CT molecular complexity index is 407. The van der Waals surface area contributed by atoms with Gasteiger partial charge in [0.2, 0.25) is 5.91 Å². The van der Waals surface area contributed by atoms with E-state index in [-0.39, 0.29) is 24.5 Å². The number of rotatable bonds is 4. The fourth-order valence-corrected chi connectivity index (χ4v) is 2.28. The van der Waals surface area contributed by atoms with Crippen LogP contribution in [0.2, 0.25) is 0 Å². The van der Waals surface area contributed by atoms with Crippen LogP contribution in [0.5, 0.6) is 0 Å². The lowest BCUT2D eigenvalue weighted by Gasteiger charge is -2.34. The van der Waals surface area contributed by atoms with E-state index in [1.165, 1.54) is 0 Å². The van der Waals surface area contributed by atoms with E-state index in [1.807, 2.05) is 37.3 Å². The number of hydrogen-bond donors (Lipinski definition) is 1. The highest BCUT2D eigenvalue weighted by Gasteiger charge is 2.26. The molecule has 2 unspecified atom stereocenters. The van der Waals surface area contributed by atoms with Crippen LogP contribution in [0, 0.1) is 5.92 Å². The Morgan fingerprint density at radius 1 is 1.42 bits per heavy atom. The number of ether oxygens (including phenoxy) is 1. The van der Waals surface area contributed by atoms with Crippen molar-refractivity contribution in [2.24, 2.45) is 5.92 Å². The minimum atomic E-state index is -0.283. The van der Waals surface area contributed by atoms with Crippen LogP contribution in [0.15, 0.2) is 30.3 Å². The number of carbonyl (C=O) groups excluding carboxylic acids is 1. The predicted molar refractivity (Wildman–Crippen MR) is 72.5 cm³/mol. The Morgan fingerprint density at radius 3 is 2.84 bits per heavy atom. The molecule has 1 amide bonds. The van der Waals surface area contributed by atoms with Crippen molar-refractivity contribution in [2.75, 3.05) is 19.7 Å². The smallest absolute Gasteiger partial charge is 0.248 e. The van der Waals surface area contributed by atoms with E-state index in [2.05, 4.69) is 0 Å². The van der Waals surface area contributed by atoms with Gasteiger partial charge in [-0.3, -0.25) is 4.79 Å². The maximum absolute atomic E-state index is 12.0. The van der Waals surface area contributed by atoms with Gasteiger partial charge in [0.25, 0.3) is 0 Å². The highest BCUT2D eigenvalue weighted by Crippen LogP contribution is 2.16. The maximum Gasteiger partial charge on any atom is 0.248 e. The Balaban J connectivity index is 1.73. The van der Waals surface area contributed by atoms with Crippen molar-refractivity contribution in [1.29, 1.82) is 0 Å². The number of likely N-dealkylation sites (tertiary alicyclic amines) is 1. The molecule has 19 heavy (non-hydrogen) atoms. The lowest BCUT2D eigenvalue weighted by atomic mass is 9.97. The number of amides is 1. The van der Waals surface area contributed by atoms with E-state index in [0.717, 1.165) is 5.56 Å². The van der Waals surface area contributed by atoms with E-state index in [1.54, 1.807) is 4.90 Å². The summed E-state index contributed by atoms with van der Waals surface area (Å²) < 4.78 is 5.44. The molecule has 1 aliphatic rings. The number of benzene rings is 1. The van der Waals surface area contributed by atoms with Gasteiger partial charge in [-0.1, -0.05) is 37.3 Å². The van der Waals surface area contributed by atoms with Crippen LogP contribution >= 0.6 is 0 Å². The molecule has 2 atom stereocenters. The molecule has 1 heterocycles. The molecule has 0 saturated carbocycles. The summed E-state index contributed by atoms with van der Waals surface area (Å²) in [6, 6.07) is 9.81. The molecular formula is C15H21NO3. The lowest BCUT2D eigenvalue weighted by Crippen LogP contribution is -2.46. The van der Waals surface area contributed by atoms with Gasteiger partial charge in [-0.25, -0.2) is 0 Å². The SMILES string of the molecule is CC1CN(C(=O)COCc2ccccc2)CCC1O. The van der Waals surface area contributed by atoms with Gasteiger partial charge in [0.05, 0.1) is 12.7 Å². The fourth-order valence-electron chi connectivity index (χ4n) is 2.28. The second kappa shape index (κ2) is 6.68. The molecule has 1 fully saturated rings. The first-order chi connectivity index (χ1) is 9.16. The first-order valence-electron chi connectivity index (χ1n) is 6.74. The van der Waals surface area contributed by atoms with Gasteiger partial charge in [0, 0.05) is 13.1 Å². The molecule has 0 aliphatic carbocycles. The van der Waals surface area contributed by atoms with E-state index in [4.69, 9.17) is 4.74 Å². The number of nitrogens with zero attached hydrogens (tertiary/aromatic N) is 1. The highest BCUT2D eigenvalue weighted by atomic mass is 16.5. The molecule has 0 radical (unpaired) electrons. The van der Waals surface area contributed by atoms with Crippen molar-refractivity contribution < 1.29 is 14.6 Å². The van der Waals surface area contributed by atoms with Crippen molar-refractivity contribution in [3.8, 4) is 0 Å². The molecule has 1 aromatic rings. The summed E-state index contributed by atoms with van der Waals surface area (Å²) in [7, 11) is 0. The zero-order valence-electron chi connectivity index (χ0n) is 11.3. The maximum atomic E-state index is 12.0. The van der Waals surface area contributed by atoms with Gasteiger partial charge in [0.15, 0.2) is 0 Å². The zero-order valence-corrected chi connectivity index (χ0v) is 11.3. The molecule has 104 valence electrons. The molecule has 1 N–H and O–H groups in total. The van der Waals surface area contributed by atoms with Crippen molar-refractivity contribution >= 4 is 5.91 Å². The van der Waals surface area contributed by atoms with Crippen LogP contribution in [0.1, 0.15) is 18.9 Å². The van der Waals surface area contributed by atoms with E-state index in [0.29, 0.717) is 26.1 Å². The fraction of sp³-hybridized carbons (Fsp3) is 0.533. The second-order valence-corrected chi connectivity index (χ2v) is 5.15. The van der Waals surface area contributed by atoms with Crippen LogP contribution in [-0.2, 0) is 16.1 Å². The topological polar surface area (TPSA) is 49.8 Å². The Hall–Kier alpha value is -1.39. The minimum absolute atomic E-state index is 0.00896. The second-order valence-electron chi connectivity index (χ2n) is 5.15. The van der Waals surface area contributed by atoms with E-state index in [9.17, 15) is 9.90 Å². The first-order valence-corrected chi connectivity index (χ1v) is 6.74. The summed E-state index contributed by atoms with van der Waals surface area (Å²) in [4.78, 5) is 13.7. The molecule has 1 saturated heterocycles. The summed E-state index contributed by atoms with van der Waals surface area (Å²) >= 11 is 0. The molecule has 1 aromatic carbocycles. The van der Waals surface area contributed by atoms with Crippen LogP contribution < -0.4 is 0 Å². The molecule has 0 aromatic heterocycles. The average Bonchev–Trinajstić information content (AvgIpc) is 2.43. The van der Waals surface area contributed by atoms with Crippen molar-refractivity contribution in [1.82, 2.24) is 4.90 Å². The lowest BCUT2D eigenvalue weighted by molar-refractivity contribution is -0.140. The van der Waals surface area contributed by atoms with E-state index >= 15 is 0 Å². The Kier molecular flexibility index (Phi) is 4.93. The van der Waals surface area contributed by atoms with Crippen LogP contribution in [-0.4, -0.2) is 41.7 Å². The molecular weight excluding hydrogens is 242 g/mol. The Morgan fingerprint density at radius 2 is 2.16 bits per heavy atom. The van der Waals surface area contributed by atoms with Gasteiger partial charge in [-0.2, -0.15) is 0 Å². The average molecular weight is 263 g/mol. The number of hydrogen-bond acceptors (Lipinski definition) is 3. The normalized spacial score (nSPS) is 23.4. The molecule has 4 heteroatoms. The first kappa shape index (κ1) is 14.0. The van der Waals surface area contributed by atoms with Gasteiger partial charge in [-0.05, 0) is 17.9 Å². The minimum Gasteiger partial charge on any atom is -0.393 e. The van der Waals surface area contributed by atoms with Gasteiger partial charge in [-0.15, -0.1) is 0 Å². The molecule has 0 bridgehead atoms. The van der Waals surface area contributed by atoms with Crippen molar-refractivity contribution in [3.05, 3.63) is 35.9 Å². The zero-order chi connectivity index (χ0) is 13.7. The summed E-state index contributed by atoms with van der Waals surface area (Å²) in [5.41, 5.74) is 1.07.